The van der Waals surface area contributed by atoms with E-state index in [-0.39, 0.29) is 27.8 Å². The van der Waals surface area contributed by atoms with Crippen molar-refractivity contribution in [1.82, 2.24) is 25.3 Å². The number of rotatable bonds is 12. The molecule has 0 saturated heterocycles. The van der Waals surface area contributed by atoms with Crippen LogP contribution in [0.2, 0.25) is 0 Å². The van der Waals surface area contributed by atoms with Crippen LogP contribution in [0, 0.1) is 48.4 Å². The number of benzene rings is 6. The second-order valence-corrected chi connectivity index (χ2v) is 22.4. The third-order valence-corrected chi connectivity index (χ3v) is 14.5. The first-order valence-electron chi connectivity index (χ1n) is 27.5. The number of carboxylic acid groups (broad SMARTS) is 1. The maximum Gasteiger partial charge on any atom is 0.573 e. The highest BCUT2D eigenvalue weighted by atomic mass is 32.1. The predicted octanol–water partition coefficient (Wildman–Crippen LogP) is 16.8. The highest BCUT2D eigenvalue weighted by Gasteiger charge is 2.34. The molecule has 98 heavy (non-hydrogen) atoms. The van der Waals surface area contributed by atoms with Gasteiger partial charge in [-0.2, -0.15) is 5.26 Å². The fourth-order valence-electron chi connectivity index (χ4n) is 8.40. The Labute approximate surface area is 551 Å². The Morgan fingerprint density at radius 3 is 1.21 bits per heavy atom. The van der Waals surface area contributed by atoms with E-state index in [0.717, 1.165) is 104 Å². The van der Waals surface area contributed by atoms with Gasteiger partial charge in [0.25, 0.3) is 5.91 Å². The van der Waals surface area contributed by atoms with Crippen molar-refractivity contribution in [2.45, 2.75) is 78.2 Å². The number of aromatic nitrogens is 4. The molecular formula is C63H50F16N10O7S2. The number of nitrogen functional groups attached to an aromatic ring is 2. The molecule has 3 unspecified atom stereocenters. The topological polar surface area (TPSA) is 283 Å². The van der Waals surface area contributed by atoms with Crippen molar-refractivity contribution >= 4 is 65.2 Å². The Hall–Kier alpha value is -10.6. The third-order valence-electron chi connectivity index (χ3n) is 12.8. The zero-order chi connectivity index (χ0) is 72.9. The van der Waals surface area contributed by atoms with Crippen LogP contribution in [0.4, 0.5) is 80.5 Å². The van der Waals surface area contributed by atoms with Crippen LogP contribution >= 0.6 is 22.7 Å². The number of hydrogen-bond donors (Lipinski definition) is 6. The molecule has 6 aromatic carbocycles. The summed E-state index contributed by atoms with van der Waals surface area (Å²) in [5.74, 6) is -6.64. The van der Waals surface area contributed by atoms with E-state index in [1.54, 1.807) is 38.4 Å². The number of fused-ring (bicyclic) bond motifs is 2. The number of nitriles is 1. The first-order chi connectivity index (χ1) is 45.5. The van der Waals surface area contributed by atoms with Crippen molar-refractivity contribution < 1.29 is 104 Å². The molecule has 0 radical (unpaired) electrons. The van der Waals surface area contributed by atoms with E-state index in [9.17, 15) is 79.8 Å². The molecule has 0 aliphatic rings. The Bertz CT molecular complexity index is 4450. The second kappa shape index (κ2) is 32.0. The van der Waals surface area contributed by atoms with Crippen molar-refractivity contribution in [2.75, 3.05) is 11.5 Å². The van der Waals surface area contributed by atoms with Crippen LogP contribution < -0.4 is 47.2 Å². The average molecular weight is 1430 g/mol. The zero-order valence-electron chi connectivity index (χ0n) is 50.7. The number of halogens is 16. The molecule has 0 bridgehead atoms. The number of alkyl halides is 12. The van der Waals surface area contributed by atoms with Gasteiger partial charge in [-0.05, 0) is 149 Å². The Balaban J connectivity index is 0.000000204. The number of carbonyl (C=O) groups is 2. The van der Waals surface area contributed by atoms with E-state index in [4.69, 9.17) is 33.3 Å². The summed E-state index contributed by atoms with van der Waals surface area (Å²) in [5, 5.41) is 21.0. The number of amides is 1. The maximum absolute atomic E-state index is 14.3. The summed E-state index contributed by atoms with van der Waals surface area (Å²) in [4.78, 5) is 41.0. The minimum atomic E-state index is -4.92. The molecule has 0 saturated carbocycles. The summed E-state index contributed by atoms with van der Waals surface area (Å²) in [5.41, 5.74) is 27.6. The molecule has 35 heteroatoms. The standard InChI is InChI=1S/C23H18F4N4O2S.C14H11N3O2S.2C9H9F4NO.C8H3F4NO/c1-11-17(7-14(10-29-11)13-3-6-19-20(8-13)34-22(28)31-19)21(32)30-12(2)16-9-15(4-5-18(16)24)33-23(25,26)27;1-7-10(13(18)19)4-9(6-16-7)8-2-3-11-12(5-8)20-14(15)17-11;2*1-5(14)7-4-6(2-3-8(7)10)15-9(11,12)13;9-7-2-1-6(3-5(7)4-13)14-8(10,11)12/h3-10,12H,1-2H3,(H2,28,31)(H,30,32);2-6H,1H3,(H2,15,17)(H,18,19);2*2-5H,14H2,1H3;1-3H. The van der Waals surface area contributed by atoms with Crippen molar-refractivity contribution in [1.29, 1.82) is 5.26 Å². The average Bonchev–Trinajstić information content (AvgIpc) is 1.42. The van der Waals surface area contributed by atoms with Crippen molar-refractivity contribution in [3.05, 3.63) is 202 Å². The third kappa shape index (κ3) is 22.8. The van der Waals surface area contributed by atoms with Gasteiger partial charge in [0.2, 0.25) is 0 Å². The molecule has 0 aliphatic heterocycles. The summed E-state index contributed by atoms with van der Waals surface area (Å²) < 4.78 is 213. The minimum absolute atomic E-state index is 0.0169. The second-order valence-electron chi connectivity index (χ2n) is 20.3. The maximum atomic E-state index is 14.3. The van der Waals surface area contributed by atoms with Crippen LogP contribution in [0.3, 0.4) is 0 Å². The number of nitrogens with two attached hydrogens (primary N) is 4. The van der Waals surface area contributed by atoms with Gasteiger partial charge in [0.1, 0.15) is 52.3 Å². The number of pyridine rings is 2. The summed E-state index contributed by atoms with van der Waals surface area (Å²) >= 11 is 2.74. The van der Waals surface area contributed by atoms with Gasteiger partial charge in [0.05, 0.1) is 54.6 Å². The van der Waals surface area contributed by atoms with E-state index in [1.165, 1.54) is 49.5 Å². The molecular weight excluding hydrogens is 1380 g/mol. The van der Waals surface area contributed by atoms with Crippen molar-refractivity contribution in [3.8, 4) is 51.3 Å². The number of ether oxygens (including phenoxy) is 4. The van der Waals surface area contributed by atoms with E-state index in [1.807, 2.05) is 36.4 Å². The number of nitrogens with zero attached hydrogens (tertiary/aromatic N) is 5. The van der Waals surface area contributed by atoms with E-state index < -0.39 is 107 Å². The van der Waals surface area contributed by atoms with Gasteiger partial charge in [-0.25, -0.2) is 32.3 Å². The molecule has 1 amide bonds. The molecule has 0 aliphatic carbocycles. The van der Waals surface area contributed by atoms with Gasteiger partial charge in [-0.1, -0.05) is 34.8 Å². The highest BCUT2D eigenvalue weighted by molar-refractivity contribution is 7.22. The number of thiazole rings is 2. The summed E-state index contributed by atoms with van der Waals surface area (Å²) in [7, 11) is 0. The Kier molecular flexibility index (Phi) is 25.0. The molecule has 10 aromatic rings. The fraction of sp³-hybridized carbons (Fsp3) is 0.190. The number of carbonyl (C=O) groups excluding carboxylic acids is 1. The van der Waals surface area contributed by atoms with Gasteiger partial charge < -0.3 is 52.3 Å². The lowest BCUT2D eigenvalue weighted by Gasteiger charge is -2.18. The van der Waals surface area contributed by atoms with Crippen LogP contribution in [0.1, 0.15) is 93.3 Å². The molecule has 0 spiro atoms. The van der Waals surface area contributed by atoms with Gasteiger partial charge in [0, 0.05) is 58.4 Å². The summed E-state index contributed by atoms with van der Waals surface area (Å²) in [6.07, 6.45) is -16.0. The number of hydrogen-bond acceptors (Lipinski definition) is 17. The molecule has 4 heterocycles. The number of carboxylic acids is 1. The monoisotopic (exact) mass is 1430 g/mol. The fourth-order valence-corrected chi connectivity index (χ4v) is 9.95. The van der Waals surface area contributed by atoms with Gasteiger partial charge in [0.15, 0.2) is 10.3 Å². The summed E-state index contributed by atoms with van der Waals surface area (Å²) in [6, 6.07) is 23.9. The molecule has 3 atom stereocenters. The molecule has 0 fully saturated rings. The lowest BCUT2D eigenvalue weighted by atomic mass is 10.0. The lowest BCUT2D eigenvalue weighted by Crippen LogP contribution is -2.28. The number of aromatic carboxylic acids is 1. The molecule has 518 valence electrons. The van der Waals surface area contributed by atoms with Crippen LogP contribution in [0.25, 0.3) is 42.7 Å². The lowest BCUT2D eigenvalue weighted by molar-refractivity contribution is -0.275. The largest absolute Gasteiger partial charge is 0.573 e. The van der Waals surface area contributed by atoms with Crippen molar-refractivity contribution in [3.63, 3.8) is 0 Å². The molecule has 10 rings (SSSR count). The van der Waals surface area contributed by atoms with Crippen LogP contribution in [0.15, 0.2) is 134 Å². The first-order valence-corrected chi connectivity index (χ1v) is 29.1. The number of nitrogens with one attached hydrogen (secondary N) is 1. The van der Waals surface area contributed by atoms with Crippen LogP contribution in [-0.4, -0.2) is 62.4 Å². The molecule has 4 aromatic heterocycles. The highest BCUT2D eigenvalue weighted by Crippen LogP contribution is 2.35. The number of anilines is 2. The summed E-state index contributed by atoms with van der Waals surface area (Å²) in [6.45, 7) is 7.73. The van der Waals surface area contributed by atoms with Crippen molar-refractivity contribution in [2.24, 2.45) is 11.5 Å². The molecule has 10 N–H and O–H groups in total. The normalized spacial score (nSPS) is 12.3. The van der Waals surface area contributed by atoms with Gasteiger partial charge in [-0.15, -0.1) is 52.7 Å². The Morgan fingerprint density at radius 2 is 0.847 bits per heavy atom. The predicted molar refractivity (Wildman–Crippen MR) is 329 cm³/mol. The Morgan fingerprint density at radius 1 is 0.500 bits per heavy atom. The van der Waals surface area contributed by atoms with E-state index in [2.05, 4.69) is 44.2 Å². The molecule has 17 nitrogen and oxygen atoms in total. The minimum Gasteiger partial charge on any atom is -0.478 e. The van der Waals surface area contributed by atoms with Gasteiger partial charge in [-0.3, -0.25) is 14.8 Å². The van der Waals surface area contributed by atoms with E-state index >= 15 is 0 Å². The van der Waals surface area contributed by atoms with Gasteiger partial charge >= 0.3 is 31.4 Å². The quantitative estimate of drug-likeness (QED) is 0.0620. The van der Waals surface area contributed by atoms with Crippen LogP contribution in [-0.2, 0) is 0 Å². The number of aryl methyl sites for hydroxylation is 2. The smallest absolute Gasteiger partial charge is 0.478 e. The first kappa shape index (κ1) is 76.4. The van der Waals surface area contributed by atoms with E-state index in [0.29, 0.717) is 33.3 Å². The zero-order valence-corrected chi connectivity index (χ0v) is 52.4. The van der Waals surface area contributed by atoms with Crippen LogP contribution in [0.5, 0.6) is 23.0 Å². The SMILES string of the molecule is CC(N)c1cc(OC(F)(F)F)ccc1F.CC(N)c1cc(OC(F)(F)F)ccc1F.Cc1ncc(-c2ccc3nc(N)sc3c2)cc1C(=O)NC(C)c1cc(OC(F)(F)F)ccc1F.Cc1ncc(-c2ccc3nc(N)sc3c2)cc1C(=O)O.N#Cc1cc(OC(F)(F)F)ccc1F.